The number of hydrogen-bond donors (Lipinski definition) is 0. The van der Waals surface area contributed by atoms with Crippen molar-refractivity contribution >= 4 is 57.6 Å². The number of benzene rings is 3. The zero-order valence-corrected chi connectivity index (χ0v) is 20.1. The Bertz CT molecular complexity index is 1590. The van der Waals surface area contributed by atoms with Gasteiger partial charge in [-0.25, -0.2) is 9.97 Å². The molecule has 5 aromatic rings. The molecule has 0 saturated carbocycles. The van der Waals surface area contributed by atoms with Crippen molar-refractivity contribution < 1.29 is 0 Å². The Morgan fingerprint density at radius 3 is 2.21 bits per heavy atom. The van der Waals surface area contributed by atoms with Crippen molar-refractivity contribution in [1.29, 1.82) is 0 Å². The van der Waals surface area contributed by atoms with Crippen LogP contribution >= 0.6 is 46.4 Å². The van der Waals surface area contributed by atoms with E-state index in [1.807, 2.05) is 13.0 Å². The van der Waals surface area contributed by atoms with Crippen LogP contribution in [0, 0.1) is 6.92 Å². The number of rotatable bonds is 3. The fourth-order valence-corrected chi connectivity index (χ4v) is 4.44. The van der Waals surface area contributed by atoms with Gasteiger partial charge in [-0.3, -0.25) is 13.9 Å². The first-order valence-corrected chi connectivity index (χ1v) is 11.3. The predicted octanol–water partition coefficient (Wildman–Crippen LogP) is 7.16. The molecule has 3 aromatic carbocycles. The van der Waals surface area contributed by atoms with Gasteiger partial charge in [0.1, 0.15) is 6.33 Å². The maximum absolute atomic E-state index is 13.7. The van der Waals surface area contributed by atoms with Gasteiger partial charge in [0.25, 0.3) is 5.56 Å². The normalized spacial score (nSPS) is 11.3. The fraction of sp³-hybridized carbons (Fsp3) is 0.0417. The van der Waals surface area contributed by atoms with Crippen LogP contribution in [0.25, 0.3) is 33.9 Å². The lowest BCUT2D eigenvalue weighted by Gasteiger charge is -2.15. The van der Waals surface area contributed by atoms with Crippen LogP contribution in [0.5, 0.6) is 0 Å². The van der Waals surface area contributed by atoms with Crippen molar-refractivity contribution in [3.63, 3.8) is 0 Å². The van der Waals surface area contributed by atoms with E-state index in [1.54, 1.807) is 65.5 Å². The maximum Gasteiger partial charge on any atom is 0.286 e. The minimum absolute atomic E-state index is 0.207. The summed E-state index contributed by atoms with van der Waals surface area (Å²) >= 11 is 24.9. The highest BCUT2D eigenvalue weighted by atomic mass is 35.5. The lowest BCUT2D eigenvalue weighted by Crippen LogP contribution is -2.22. The summed E-state index contributed by atoms with van der Waals surface area (Å²) in [5, 5.41) is 1.95. The quantitative estimate of drug-likeness (QED) is 0.256. The molecule has 2 heterocycles. The molecule has 0 amide bonds. The molecule has 0 saturated heterocycles. The van der Waals surface area contributed by atoms with Gasteiger partial charge in [0.2, 0.25) is 0 Å². The molecule has 2 aromatic heterocycles. The molecule has 0 aliphatic carbocycles. The second-order valence-electron chi connectivity index (χ2n) is 7.39. The van der Waals surface area contributed by atoms with Crippen LogP contribution in [0.15, 0.2) is 71.8 Å². The molecule has 0 radical (unpaired) electrons. The molecule has 0 aliphatic rings. The molecule has 5 nitrogen and oxygen atoms in total. The fourth-order valence-electron chi connectivity index (χ4n) is 3.65. The van der Waals surface area contributed by atoms with Crippen LogP contribution < -0.4 is 5.56 Å². The summed E-state index contributed by atoms with van der Waals surface area (Å²) in [6, 6.07) is 17.4. The number of hydrogen-bond acceptors (Lipinski definition) is 3. The van der Waals surface area contributed by atoms with Crippen molar-refractivity contribution in [1.82, 2.24) is 19.1 Å². The molecule has 5 rings (SSSR count). The van der Waals surface area contributed by atoms with E-state index in [1.165, 1.54) is 4.57 Å². The first-order valence-electron chi connectivity index (χ1n) is 9.81. The van der Waals surface area contributed by atoms with Gasteiger partial charge in [0.05, 0.1) is 16.4 Å². The third kappa shape index (κ3) is 3.91. The molecule has 0 bridgehead atoms. The van der Waals surface area contributed by atoms with Crippen LogP contribution in [-0.2, 0) is 0 Å². The smallest absolute Gasteiger partial charge is 0.283 e. The molecule has 9 heteroatoms. The van der Waals surface area contributed by atoms with E-state index in [4.69, 9.17) is 51.4 Å². The Morgan fingerprint density at radius 2 is 1.48 bits per heavy atom. The topological polar surface area (TPSA) is 52.7 Å². The summed E-state index contributed by atoms with van der Waals surface area (Å²) in [5.74, 6) is 0.345. The minimum Gasteiger partial charge on any atom is -0.283 e. The SMILES string of the molecule is Cc1ccc(Cl)cc1-n1cnc2c(=O)n(-c3ccc(Cl)cc3)c(-c3ccc(Cl)cc3Cl)nc21. The zero-order valence-electron chi connectivity index (χ0n) is 17.1. The number of fused-ring (bicyclic) bond motifs is 1. The highest BCUT2D eigenvalue weighted by molar-refractivity contribution is 6.36. The van der Waals surface area contributed by atoms with Gasteiger partial charge in [-0.15, -0.1) is 0 Å². The van der Waals surface area contributed by atoms with E-state index < -0.39 is 0 Å². The Kier molecular flexibility index (Phi) is 5.67. The van der Waals surface area contributed by atoms with E-state index >= 15 is 0 Å². The first-order chi connectivity index (χ1) is 15.8. The average molecular weight is 516 g/mol. The standard InChI is InChI=1S/C24H14Cl4N4O/c1-13-2-3-16(27)11-20(13)31-12-29-21-23(31)30-22(18-9-6-15(26)10-19(18)28)32(24(21)33)17-7-4-14(25)5-8-17/h2-12H,1H3. The molecule has 164 valence electrons. The summed E-state index contributed by atoms with van der Waals surface area (Å²) < 4.78 is 3.22. The van der Waals surface area contributed by atoms with Crippen molar-refractivity contribution in [2.24, 2.45) is 0 Å². The Balaban J connectivity index is 1.88. The monoisotopic (exact) mass is 514 g/mol. The maximum atomic E-state index is 13.7. The highest BCUT2D eigenvalue weighted by Gasteiger charge is 2.21. The van der Waals surface area contributed by atoms with Crippen molar-refractivity contribution in [2.75, 3.05) is 0 Å². The molecular weight excluding hydrogens is 502 g/mol. The largest absolute Gasteiger partial charge is 0.286 e. The number of halogens is 4. The molecule has 0 spiro atoms. The van der Waals surface area contributed by atoms with Crippen LogP contribution in [0.3, 0.4) is 0 Å². The summed E-state index contributed by atoms with van der Waals surface area (Å²) in [6.45, 7) is 1.95. The van der Waals surface area contributed by atoms with E-state index in [2.05, 4.69) is 4.98 Å². The van der Waals surface area contributed by atoms with Gasteiger partial charge < -0.3 is 0 Å². The molecular formula is C24H14Cl4N4O. The number of aryl methyl sites for hydroxylation is 1. The summed E-state index contributed by atoms with van der Waals surface area (Å²) in [7, 11) is 0. The Morgan fingerprint density at radius 1 is 0.818 bits per heavy atom. The number of nitrogens with zero attached hydrogens (tertiary/aromatic N) is 4. The van der Waals surface area contributed by atoms with Gasteiger partial charge in [-0.2, -0.15) is 0 Å². The van der Waals surface area contributed by atoms with Crippen molar-refractivity contribution in [3.05, 3.63) is 103 Å². The zero-order chi connectivity index (χ0) is 23.3. The lowest BCUT2D eigenvalue weighted by atomic mass is 10.2. The van der Waals surface area contributed by atoms with E-state index in [-0.39, 0.29) is 11.1 Å². The van der Waals surface area contributed by atoms with Gasteiger partial charge in [-0.05, 0) is 67.1 Å². The third-order valence-corrected chi connectivity index (χ3v) is 6.29. The molecule has 0 unspecified atom stereocenters. The summed E-state index contributed by atoms with van der Waals surface area (Å²) in [5.41, 5.74) is 3.10. The molecule has 0 atom stereocenters. The number of aromatic nitrogens is 4. The van der Waals surface area contributed by atoms with Gasteiger partial charge in [0.15, 0.2) is 17.0 Å². The highest BCUT2D eigenvalue weighted by Crippen LogP contribution is 2.32. The molecule has 0 fully saturated rings. The Labute approximate surface area is 208 Å². The van der Waals surface area contributed by atoms with Crippen molar-refractivity contribution in [3.8, 4) is 22.8 Å². The number of imidazole rings is 1. The average Bonchev–Trinajstić information content (AvgIpc) is 3.20. The summed E-state index contributed by atoms with van der Waals surface area (Å²) in [6.07, 6.45) is 1.57. The minimum atomic E-state index is -0.346. The second-order valence-corrected chi connectivity index (χ2v) is 9.11. The van der Waals surface area contributed by atoms with Gasteiger partial charge in [0, 0.05) is 20.6 Å². The molecule has 33 heavy (non-hydrogen) atoms. The van der Waals surface area contributed by atoms with Gasteiger partial charge in [-0.1, -0.05) is 52.5 Å². The first kappa shape index (κ1) is 22.0. The van der Waals surface area contributed by atoms with E-state index in [0.29, 0.717) is 42.8 Å². The van der Waals surface area contributed by atoms with E-state index in [9.17, 15) is 4.79 Å². The third-order valence-electron chi connectivity index (χ3n) is 5.26. The van der Waals surface area contributed by atoms with Gasteiger partial charge >= 0.3 is 0 Å². The molecule has 0 aliphatic heterocycles. The van der Waals surface area contributed by atoms with Crippen LogP contribution in [0.2, 0.25) is 20.1 Å². The van der Waals surface area contributed by atoms with Crippen molar-refractivity contribution in [2.45, 2.75) is 6.92 Å². The summed E-state index contributed by atoms with van der Waals surface area (Å²) in [4.78, 5) is 22.9. The predicted molar refractivity (Wildman–Crippen MR) is 135 cm³/mol. The van der Waals surface area contributed by atoms with Crippen LogP contribution in [-0.4, -0.2) is 19.1 Å². The lowest BCUT2D eigenvalue weighted by molar-refractivity contribution is 0.961. The van der Waals surface area contributed by atoms with E-state index in [0.717, 1.165) is 11.3 Å². The Hall–Kier alpha value is -2.83. The second kappa shape index (κ2) is 8.50. The molecule has 0 N–H and O–H groups in total. The van der Waals surface area contributed by atoms with Crippen LogP contribution in [0.1, 0.15) is 5.56 Å². The van der Waals surface area contributed by atoms with Crippen LogP contribution in [0.4, 0.5) is 0 Å².